The van der Waals surface area contributed by atoms with Crippen molar-refractivity contribution in [2.24, 2.45) is 13.0 Å². The van der Waals surface area contributed by atoms with E-state index in [9.17, 15) is 13.2 Å². The zero-order valence-electron chi connectivity index (χ0n) is 14.8. The predicted octanol–water partition coefficient (Wildman–Crippen LogP) is 0.570. The van der Waals surface area contributed by atoms with E-state index in [1.54, 1.807) is 16.6 Å². The molecule has 0 bridgehead atoms. The zero-order chi connectivity index (χ0) is 18.0. The topological polar surface area (TPSA) is 93.5 Å². The summed E-state index contributed by atoms with van der Waals surface area (Å²) in [6.45, 7) is 3.66. The van der Waals surface area contributed by atoms with Crippen LogP contribution < -0.4 is 9.62 Å². The molecule has 140 valence electrons. The predicted molar refractivity (Wildman–Crippen MR) is 93.8 cm³/mol. The molecular weight excluding hydrogens is 344 g/mol. The first-order valence-corrected chi connectivity index (χ1v) is 10.4. The summed E-state index contributed by atoms with van der Waals surface area (Å²) in [7, 11) is -1.71. The smallest absolute Gasteiger partial charge is 0.246 e. The maximum Gasteiger partial charge on any atom is 0.246 e. The molecule has 0 saturated carbocycles. The van der Waals surface area contributed by atoms with Gasteiger partial charge in [-0.15, -0.1) is 0 Å². The average Bonchev–Trinajstić information content (AvgIpc) is 2.88. The van der Waals surface area contributed by atoms with Crippen molar-refractivity contribution in [3.8, 4) is 0 Å². The molecule has 0 aliphatic carbocycles. The van der Waals surface area contributed by atoms with Crippen LogP contribution in [0.5, 0.6) is 0 Å². The summed E-state index contributed by atoms with van der Waals surface area (Å²) in [6, 6.07) is 1.14. The van der Waals surface area contributed by atoms with E-state index in [1.165, 1.54) is 0 Å². The van der Waals surface area contributed by atoms with E-state index in [4.69, 9.17) is 4.74 Å². The molecule has 2 aliphatic heterocycles. The Morgan fingerprint density at radius 3 is 2.68 bits per heavy atom. The molecule has 3 heterocycles. The number of carbonyl (C=O) groups is 1. The lowest BCUT2D eigenvalue weighted by molar-refractivity contribution is -0.121. The molecule has 1 amide bonds. The first kappa shape index (κ1) is 18.3. The van der Waals surface area contributed by atoms with Crippen LogP contribution in [0.1, 0.15) is 31.4 Å². The van der Waals surface area contributed by atoms with Crippen molar-refractivity contribution in [1.29, 1.82) is 0 Å². The number of aryl methyl sites for hydroxylation is 2. The fourth-order valence-corrected chi connectivity index (χ4v) is 5.25. The quantitative estimate of drug-likeness (QED) is 0.818. The summed E-state index contributed by atoms with van der Waals surface area (Å²) < 4.78 is 34.5. The number of piperidine rings is 1. The average molecular weight is 370 g/mol. The first-order valence-electron chi connectivity index (χ1n) is 8.75. The van der Waals surface area contributed by atoms with Crippen LogP contribution >= 0.6 is 0 Å². The highest BCUT2D eigenvalue weighted by Crippen LogP contribution is 2.23. The van der Waals surface area contributed by atoms with Crippen molar-refractivity contribution in [1.82, 2.24) is 14.5 Å². The fourth-order valence-electron chi connectivity index (χ4n) is 3.55. The van der Waals surface area contributed by atoms with Crippen LogP contribution in [-0.2, 0) is 26.6 Å². The van der Waals surface area contributed by atoms with Gasteiger partial charge in [-0.2, -0.15) is 5.10 Å². The Morgan fingerprint density at radius 1 is 1.32 bits per heavy atom. The Bertz CT molecular complexity index is 724. The molecule has 0 spiro atoms. The number of carbonyl (C=O) groups excluding carboxylic acids is 1. The number of nitrogens with one attached hydrogen (secondary N) is 1. The minimum absolute atomic E-state index is 0.0605. The molecule has 0 unspecified atom stereocenters. The highest BCUT2D eigenvalue weighted by atomic mass is 32.2. The highest BCUT2D eigenvalue weighted by Gasteiger charge is 2.34. The minimum Gasteiger partial charge on any atom is -0.381 e. The third kappa shape index (κ3) is 4.39. The van der Waals surface area contributed by atoms with Gasteiger partial charge in [0.2, 0.25) is 15.9 Å². The van der Waals surface area contributed by atoms with E-state index < -0.39 is 16.1 Å². The van der Waals surface area contributed by atoms with Crippen molar-refractivity contribution < 1.29 is 17.9 Å². The van der Waals surface area contributed by atoms with Crippen molar-refractivity contribution in [3.05, 3.63) is 11.8 Å². The zero-order valence-corrected chi connectivity index (χ0v) is 15.6. The van der Waals surface area contributed by atoms with Gasteiger partial charge >= 0.3 is 0 Å². The lowest BCUT2D eigenvalue weighted by atomic mass is 10.0. The molecule has 2 saturated heterocycles. The summed E-state index contributed by atoms with van der Waals surface area (Å²) in [5.41, 5.74) is 0.826. The second-order valence-electron chi connectivity index (χ2n) is 6.91. The normalized spacial score (nSPS) is 23.2. The van der Waals surface area contributed by atoms with Crippen LogP contribution in [0.2, 0.25) is 0 Å². The van der Waals surface area contributed by atoms with Crippen LogP contribution in [0, 0.1) is 12.8 Å². The molecule has 0 radical (unpaired) electrons. The molecule has 25 heavy (non-hydrogen) atoms. The lowest BCUT2D eigenvalue weighted by Crippen LogP contribution is -2.53. The second-order valence-corrected chi connectivity index (χ2v) is 8.71. The maximum atomic E-state index is 12.8. The van der Waals surface area contributed by atoms with Crippen LogP contribution in [-0.4, -0.2) is 55.7 Å². The SMILES string of the molecule is Cc1cc(N2CCC[C@H](NS(=O)(=O)CC3CCOCC3)C2=O)n(C)n1. The highest BCUT2D eigenvalue weighted by molar-refractivity contribution is 7.89. The van der Waals surface area contributed by atoms with Crippen LogP contribution in [0.25, 0.3) is 0 Å². The summed E-state index contributed by atoms with van der Waals surface area (Å²) in [4.78, 5) is 14.4. The van der Waals surface area contributed by atoms with Crippen molar-refractivity contribution >= 4 is 21.7 Å². The first-order chi connectivity index (χ1) is 11.9. The van der Waals surface area contributed by atoms with Gasteiger partial charge in [0, 0.05) is 32.9 Å². The number of anilines is 1. The van der Waals surface area contributed by atoms with Crippen LogP contribution in [0.15, 0.2) is 6.07 Å². The van der Waals surface area contributed by atoms with E-state index in [-0.39, 0.29) is 17.6 Å². The molecule has 8 nitrogen and oxygen atoms in total. The Balaban J connectivity index is 1.67. The Labute approximate surface area is 148 Å². The van der Waals surface area contributed by atoms with Gasteiger partial charge < -0.3 is 4.74 Å². The summed E-state index contributed by atoms with van der Waals surface area (Å²) in [5.74, 6) is 0.659. The molecule has 9 heteroatoms. The molecule has 1 aromatic heterocycles. The molecule has 2 aliphatic rings. The third-order valence-corrected chi connectivity index (χ3v) is 6.36. The largest absolute Gasteiger partial charge is 0.381 e. The van der Waals surface area contributed by atoms with Gasteiger partial charge in [-0.3, -0.25) is 14.4 Å². The number of aromatic nitrogens is 2. The van der Waals surface area contributed by atoms with Crippen molar-refractivity contribution in [3.63, 3.8) is 0 Å². The molecule has 1 aromatic rings. The van der Waals surface area contributed by atoms with Gasteiger partial charge in [0.25, 0.3) is 0 Å². The van der Waals surface area contributed by atoms with Gasteiger partial charge in [-0.1, -0.05) is 0 Å². The number of hydrogen-bond donors (Lipinski definition) is 1. The molecular formula is C16H26N4O4S. The number of hydrogen-bond acceptors (Lipinski definition) is 5. The van der Waals surface area contributed by atoms with Gasteiger partial charge in [-0.05, 0) is 38.5 Å². The van der Waals surface area contributed by atoms with E-state index in [0.29, 0.717) is 32.0 Å². The van der Waals surface area contributed by atoms with Gasteiger partial charge in [0.1, 0.15) is 11.9 Å². The summed E-state index contributed by atoms with van der Waals surface area (Å²) in [5, 5.41) is 4.27. The van der Waals surface area contributed by atoms with E-state index in [2.05, 4.69) is 9.82 Å². The lowest BCUT2D eigenvalue weighted by Gasteiger charge is -2.32. The van der Waals surface area contributed by atoms with E-state index in [1.807, 2.05) is 13.0 Å². The summed E-state index contributed by atoms with van der Waals surface area (Å²) >= 11 is 0. The number of nitrogens with zero attached hydrogens (tertiary/aromatic N) is 3. The van der Waals surface area contributed by atoms with E-state index >= 15 is 0 Å². The van der Waals surface area contributed by atoms with Gasteiger partial charge in [0.15, 0.2) is 0 Å². The molecule has 2 fully saturated rings. The van der Waals surface area contributed by atoms with E-state index in [0.717, 1.165) is 25.0 Å². The van der Waals surface area contributed by atoms with Crippen molar-refractivity contribution in [2.75, 3.05) is 30.4 Å². The molecule has 3 rings (SSSR count). The Hall–Kier alpha value is -1.45. The number of sulfonamides is 1. The molecule has 1 N–H and O–H groups in total. The minimum atomic E-state index is -3.50. The van der Waals surface area contributed by atoms with Crippen LogP contribution in [0.3, 0.4) is 0 Å². The fraction of sp³-hybridized carbons (Fsp3) is 0.750. The third-order valence-electron chi connectivity index (χ3n) is 4.81. The number of rotatable bonds is 5. The standard InChI is InChI=1S/C16H26N4O4S/c1-12-10-15(19(2)17-12)20-7-3-4-14(16(20)21)18-25(22,23)11-13-5-8-24-9-6-13/h10,13-14,18H,3-9,11H2,1-2H3/t14-/m0/s1. The second kappa shape index (κ2) is 7.43. The van der Waals surface area contributed by atoms with Crippen molar-refractivity contribution in [2.45, 2.75) is 38.6 Å². The van der Waals surface area contributed by atoms with Crippen LogP contribution in [0.4, 0.5) is 5.82 Å². The number of ether oxygens (including phenoxy) is 1. The Morgan fingerprint density at radius 2 is 2.04 bits per heavy atom. The monoisotopic (exact) mass is 370 g/mol. The van der Waals surface area contributed by atoms with Gasteiger partial charge in [0.05, 0.1) is 11.4 Å². The molecule has 1 atom stereocenters. The molecule has 0 aromatic carbocycles. The van der Waals surface area contributed by atoms with Gasteiger partial charge in [-0.25, -0.2) is 13.1 Å². The summed E-state index contributed by atoms with van der Waals surface area (Å²) in [6.07, 6.45) is 2.78. The Kier molecular flexibility index (Phi) is 5.45. The number of amides is 1. The maximum absolute atomic E-state index is 12.8.